The van der Waals surface area contributed by atoms with E-state index in [4.69, 9.17) is 0 Å². The summed E-state index contributed by atoms with van der Waals surface area (Å²) >= 11 is 0. The molecule has 0 saturated heterocycles. The number of nitrogens with one attached hydrogen (secondary N) is 2. The van der Waals surface area contributed by atoms with Crippen LogP contribution in [0.25, 0.3) is 0 Å². The van der Waals surface area contributed by atoms with Crippen molar-refractivity contribution in [1.82, 2.24) is 5.32 Å². The lowest BCUT2D eigenvalue weighted by molar-refractivity contribution is -0.114. The number of carbonyl (C=O) groups excluding carboxylic acids is 2. The van der Waals surface area contributed by atoms with Gasteiger partial charge < -0.3 is 10.6 Å². The Morgan fingerprint density at radius 2 is 1.77 bits per heavy atom. The van der Waals surface area contributed by atoms with Crippen molar-refractivity contribution in [2.75, 3.05) is 22.4 Å². The third kappa shape index (κ3) is 6.06. The van der Waals surface area contributed by atoms with Crippen LogP contribution in [-0.4, -0.2) is 39.1 Å². The third-order valence-electron chi connectivity index (χ3n) is 4.74. The number of rotatable bonds is 8. The molecule has 8 heteroatoms. The molecular formula is C22H29N3O4S. The van der Waals surface area contributed by atoms with E-state index in [0.29, 0.717) is 16.9 Å². The number of hydrogen-bond acceptors (Lipinski definition) is 4. The Kier molecular flexibility index (Phi) is 7.61. The van der Waals surface area contributed by atoms with Crippen molar-refractivity contribution >= 4 is 33.2 Å². The molecule has 0 bridgehead atoms. The predicted molar refractivity (Wildman–Crippen MR) is 120 cm³/mol. The van der Waals surface area contributed by atoms with Crippen LogP contribution >= 0.6 is 0 Å². The molecule has 0 aromatic heterocycles. The molecule has 7 nitrogen and oxygen atoms in total. The number of hydrogen-bond donors (Lipinski definition) is 2. The first-order valence-corrected chi connectivity index (χ1v) is 11.6. The van der Waals surface area contributed by atoms with Crippen LogP contribution in [-0.2, 0) is 14.8 Å². The number of nitrogens with zero attached hydrogens (tertiary/aromatic N) is 1. The molecule has 1 atom stereocenters. The van der Waals surface area contributed by atoms with Crippen LogP contribution in [0.1, 0.15) is 41.8 Å². The van der Waals surface area contributed by atoms with Crippen molar-refractivity contribution in [1.29, 1.82) is 0 Å². The zero-order valence-corrected chi connectivity index (χ0v) is 18.8. The largest absolute Gasteiger partial charge is 0.350 e. The standard InChI is InChI=1S/C22H29N3O4S/c1-6-17(4)23-22(27)18-9-7-8-10-19(18)24-21(26)14-25(30(5,28)29)20-12-11-15(2)13-16(20)3/h7-13,17H,6,14H2,1-5H3,(H,23,27)(H,24,26)/t17-/m0/s1. The fraction of sp³-hybridized carbons (Fsp3) is 0.364. The minimum Gasteiger partial charge on any atom is -0.350 e. The highest BCUT2D eigenvalue weighted by atomic mass is 32.2. The van der Waals surface area contributed by atoms with Crippen molar-refractivity contribution in [2.24, 2.45) is 0 Å². The molecule has 0 aliphatic carbocycles. The highest BCUT2D eigenvalue weighted by Gasteiger charge is 2.23. The number of para-hydroxylation sites is 1. The molecule has 0 spiro atoms. The van der Waals surface area contributed by atoms with Gasteiger partial charge in [0.05, 0.1) is 23.2 Å². The van der Waals surface area contributed by atoms with Gasteiger partial charge in [-0.1, -0.05) is 36.8 Å². The van der Waals surface area contributed by atoms with Gasteiger partial charge in [-0.3, -0.25) is 13.9 Å². The topological polar surface area (TPSA) is 95.6 Å². The Morgan fingerprint density at radius 3 is 2.37 bits per heavy atom. The molecule has 162 valence electrons. The van der Waals surface area contributed by atoms with Crippen molar-refractivity contribution < 1.29 is 18.0 Å². The first-order valence-electron chi connectivity index (χ1n) is 9.77. The molecule has 0 unspecified atom stereocenters. The second-order valence-corrected chi connectivity index (χ2v) is 9.34. The minimum atomic E-state index is -3.69. The molecule has 2 N–H and O–H groups in total. The number of benzene rings is 2. The maximum absolute atomic E-state index is 12.7. The molecule has 0 aliphatic rings. The van der Waals surface area contributed by atoms with E-state index in [1.165, 1.54) is 0 Å². The van der Waals surface area contributed by atoms with Crippen LogP contribution in [0.5, 0.6) is 0 Å². The normalized spacial score (nSPS) is 12.2. The number of anilines is 2. The highest BCUT2D eigenvalue weighted by molar-refractivity contribution is 7.92. The van der Waals surface area contributed by atoms with E-state index in [0.717, 1.165) is 28.1 Å². The summed E-state index contributed by atoms with van der Waals surface area (Å²) in [7, 11) is -3.69. The molecule has 0 fully saturated rings. The van der Waals surface area contributed by atoms with Crippen LogP contribution in [0.3, 0.4) is 0 Å². The van der Waals surface area contributed by atoms with Crippen LogP contribution in [0.4, 0.5) is 11.4 Å². The Hall–Kier alpha value is -2.87. The Balaban J connectivity index is 2.26. The summed E-state index contributed by atoms with van der Waals surface area (Å²) in [5, 5.41) is 5.55. The fourth-order valence-corrected chi connectivity index (χ4v) is 3.89. The third-order valence-corrected chi connectivity index (χ3v) is 5.87. The molecule has 2 aromatic carbocycles. The number of carbonyl (C=O) groups is 2. The van der Waals surface area contributed by atoms with Gasteiger partial charge in [-0.25, -0.2) is 8.42 Å². The van der Waals surface area contributed by atoms with Crippen LogP contribution in [0.15, 0.2) is 42.5 Å². The van der Waals surface area contributed by atoms with Gasteiger partial charge in [0.25, 0.3) is 5.91 Å². The maximum Gasteiger partial charge on any atom is 0.253 e. The molecule has 2 aromatic rings. The Bertz CT molecular complexity index is 1030. The lowest BCUT2D eigenvalue weighted by Crippen LogP contribution is -2.38. The molecule has 0 heterocycles. The van der Waals surface area contributed by atoms with Crippen molar-refractivity contribution in [2.45, 2.75) is 40.2 Å². The van der Waals surface area contributed by atoms with E-state index in [1.54, 1.807) is 43.3 Å². The van der Waals surface area contributed by atoms with E-state index in [1.807, 2.05) is 26.8 Å². The van der Waals surface area contributed by atoms with Gasteiger partial charge in [0, 0.05) is 6.04 Å². The minimum absolute atomic E-state index is 0.00787. The Labute approximate surface area is 178 Å². The quantitative estimate of drug-likeness (QED) is 0.671. The SMILES string of the molecule is CC[C@H](C)NC(=O)c1ccccc1NC(=O)CN(c1ccc(C)cc1C)S(C)(=O)=O. The first kappa shape index (κ1) is 23.4. The summed E-state index contributed by atoms with van der Waals surface area (Å²) in [6, 6.07) is 12.0. The van der Waals surface area contributed by atoms with Gasteiger partial charge in [0.15, 0.2) is 0 Å². The number of sulfonamides is 1. The fourth-order valence-electron chi connectivity index (χ4n) is 2.98. The zero-order chi connectivity index (χ0) is 22.5. The van der Waals surface area contributed by atoms with Crippen LogP contribution in [0, 0.1) is 13.8 Å². The molecule has 2 rings (SSSR count). The van der Waals surface area contributed by atoms with Crippen molar-refractivity contribution in [3.8, 4) is 0 Å². The molecule has 2 amide bonds. The smallest absolute Gasteiger partial charge is 0.253 e. The highest BCUT2D eigenvalue weighted by Crippen LogP contribution is 2.24. The van der Waals surface area contributed by atoms with E-state index < -0.39 is 22.5 Å². The maximum atomic E-state index is 12.7. The summed E-state index contributed by atoms with van der Waals surface area (Å²) in [5.41, 5.74) is 2.85. The lowest BCUT2D eigenvalue weighted by atomic mass is 10.1. The average molecular weight is 432 g/mol. The van der Waals surface area contributed by atoms with Gasteiger partial charge in [-0.05, 0) is 51.0 Å². The number of aryl methyl sites for hydroxylation is 2. The van der Waals surface area contributed by atoms with Crippen molar-refractivity contribution in [3.05, 3.63) is 59.2 Å². The van der Waals surface area contributed by atoms with E-state index >= 15 is 0 Å². The molecular weight excluding hydrogens is 402 g/mol. The zero-order valence-electron chi connectivity index (χ0n) is 18.0. The second-order valence-electron chi connectivity index (χ2n) is 7.44. The molecule has 0 saturated carbocycles. The van der Waals surface area contributed by atoms with Crippen LogP contribution < -0.4 is 14.9 Å². The summed E-state index contributed by atoms with van der Waals surface area (Å²) in [4.78, 5) is 25.3. The van der Waals surface area contributed by atoms with E-state index in [9.17, 15) is 18.0 Å². The molecule has 0 radical (unpaired) electrons. The number of amides is 2. The summed E-state index contributed by atoms with van der Waals surface area (Å²) in [5.74, 6) is -0.834. The van der Waals surface area contributed by atoms with Gasteiger partial charge >= 0.3 is 0 Å². The summed E-state index contributed by atoms with van der Waals surface area (Å²) in [6.45, 7) is 7.17. The van der Waals surface area contributed by atoms with Crippen LogP contribution in [0.2, 0.25) is 0 Å². The second kappa shape index (κ2) is 9.75. The summed E-state index contributed by atoms with van der Waals surface area (Å²) < 4.78 is 25.8. The van der Waals surface area contributed by atoms with E-state index in [2.05, 4.69) is 10.6 Å². The van der Waals surface area contributed by atoms with Gasteiger partial charge in [0.2, 0.25) is 15.9 Å². The average Bonchev–Trinajstić information content (AvgIpc) is 2.66. The first-order chi connectivity index (χ1) is 14.0. The van der Waals surface area contributed by atoms with Gasteiger partial charge in [0.1, 0.15) is 6.54 Å². The molecule has 30 heavy (non-hydrogen) atoms. The lowest BCUT2D eigenvalue weighted by Gasteiger charge is -2.24. The van der Waals surface area contributed by atoms with Gasteiger partial charge in [-0.2, -0.15) is 0 Å². The predicted octanol–water partition coefficient (Wildman–Crippen LogP) is 3.24. The van der Waals surface area contributed by atoms with Gasteiger partial charge in [-0.15, -0.1) is 0 Å². The molecule has 0 aliphatic heterocycles. The van der Waals surface area contributed by atoms with E-state index in [-0.39, 0.29) is 11.9 Å². The Morgan fingerprint density at radius 1 is 1.10 bits per heavy atom. The summed E-state index contributed by atoms with van der Waals surface area (Å²) in [6.07, 6.45) is 1.84. The monoisotopic (exact) mass is 431 g/mol. The van der Waals surface area contributed by atoms with Crippen molar-refractivity contribution in [3.63, 3.8) is 0 Å².